The third kappa shape index (κ3) is 5.88. The first kappa shape index (κ1) is 32.2. The minimum atomic E-state index is -6.15. The standard InChI is InChI=1S/C27H28F7NO6S/c28-18-6-9-21(10-7-18)42(40,41)35-19(14-20(36)13-16-2-1-3-23(37)24(16)38)8-4-15-12-17(5-11-22(15)35)25(39,26(29,30)31)27(32,33)34/h5-7,9-12,16,19,23-24,37-39H,1-4,8,13-14H2/t16-,19-,23?,24-/m0/s1. The lowest BCUT2D eigenvalue weighted by atomic mass is 9.80. The van der Waals surface area contributed by atoms with Crippen LogP contribution in [-0.4, -0.2) is 60.1 Å². The molecule has 0 saturated heterocycles. The minimum Gasteiger partial charge on any atom is -0.390 e. The highest BCUT2D eigenvalue weighted by molar-refractivity contribution is 7.92. The van der Waals surface area contributed by atoms with Crippen LogP contribution in [-0.2, 0) is 26.8 Å². The summed E-state index contributed by atoms with van der Waals surface area (Å²) in [6.07, 6.45) is -14.1. The van der Waals surface area contributed by atoms with Crippen LogP contribution in [0.2, 0.25) is 0 Å². The molecule has 0 radical (unpaired) electrons. The molecule has 0 bridgehead atoms. The van der Waals surface area contributed by atoms with Crippen molar-refractivity contribution in [3.8, 4) is 0 Å². The molecule has 1 unspecified atom stereocenters. The van der Waals surface area contributed by atoms with Gasteiger partial charge in [0.2, 0.25) is 0 Å². The molecule has 4 rings (SSSR count). The van der Waals surface area contributed by atoms with Crippen LogP contribution < -0.4 is 4.31 Å². The van der Waals surface area contributed by atoms with Crippen LogP contribution in [0.1, 0.15) is 49.7 Å². The molecule has 1 fully saturated rings. The summed E-state index contributed by atoms with van der Waals surface area (Å²) in [5.74, 6) is -1.82. The first-order valence-electron chi connectivity index (χ1n) is 13.0. The Bertz CT molecular complexity index is 1400. The lowest BCUT2D eigenvalue weighted by Crippen LogP contribution is -2.54. The average Bonchev–Trinajstić information content (AvgIpc) is 2.89. The highest BCUT2D eigenvalue weighted by atomic mass is 32.2. The average molecular weight is 628 g/mol. The number of hydrogen-bond acceptors (Lipinski definition) is 6. The van der Waals surface area contributed by atoms with Crippen LogP contribution in [0.4, 0.5) is 36.4 Å². The van der Waals surface area contributed by atoms with Gasteiger partial charge in [-0.2, -0.15) is 26.3 Å². The van der Waals surface area contributed by atoms with Crippen molar-refractivity contribution in [2.24, 2.45) is 5.92 Å². The van der Waals surface area contributed by atoms with Gasteiger partial charge in [0.05, 0.1) is 28.8 Å². The van der Waals surface area contributed by atoms with Gasteiger partial charge in [-0.25, -0.2) is 12.8 Å². The normalized spacial score (nSPS) is 23.9. The van der Waals surface area contributed by atoms with E-state index in [-0.39, 0.29) is 30.5 Å². The third-order valence-corrected chi connectivity index (χ3v) is 9.79. The van der Waals surface area contributed by atoms with E-state index in [0.29, 0.717) is 37.5 Å². The zero-order chi connectivity index (χ0) is 31.3. The second kappa shape index (κ2) is 11.4. The zero-order valence-electron chi connectivity index (χ0n) is 21.9. The van der Waals surface area contributed by atoms with Crippen LogP contribution >= 0.6 is 0 Å². The fourth-order valence-electron chi connectivity index (χ4n) is 5.69. The van der Waals surface area contributed by atoms with E-state index in [1.807, 2.05) is 0 Å². The smallest absolute Gasteiger partial charge is 0.390 e. The summed E-state index contributed by atoms with van der Waals surface area (Å²) < 4.78 is 123. The van der Waals surface area contributed by atoms with E-state index in [1.54, 1.807) is 0 Å². The number of Topliss-reactive ketones (excluding diaryl/α,β-unsaturated/α-hetero) is 1. The fraction of sp³-hybridized carbons (Fsp3) is 0.519. The number of nitrogens with zero attached hydrogens (tertiary/aromatic N) is 1. The van der Waals surface area contributed by atoms with Crippen LogP contribution in [0, 0.1) is 11.7 Å². The summed E-state index contributed by atoms with van der Waals surface area (Å²) >= 11 is 0. The van der Waals surface area contributed by atoms with E-state index in [9.17, 15) is 59.3 Å². The van der Waals surface area contributed by atoms with Crippen molar-refractivity contribution in [1.29, 1.82) is 0 Å². The molecule has 0 amide bonds. The van der Waals surface area contributed by atoms with Crippen molar-refractivity contribution < 1.29 is 59.3 Å². The maximum absolute atomic E-state index is 13.7. The van der Waals surface area contributed by atoms with Crippen molar-refractivity contribution in [3.05, 3.63) is 59.4 Å². The Morgan fingerprint density at radius 3 is 2.12 bits per heavy atom. The Morgan fingerprint density at radius 2 is 1.52 bits per heavy atom. The van der Waals surface area contributed by atoms with Crippen molar-refractivity contribution in [2.75, 3.05) is 4.31 Å². The van der Waals surface area contributed by atoms with Crippen LogP contribution in [0.15, 0.2) is 47.4 Å². The number of carbonyl (C=O) groups is 1. The molecular formula is C27H28F7NO6S. The van der Waals surface area contributed by atoms with Crippen LogP contribution in [0.25, 0.3) is 0 Å². The Labute approximate surface area is 236 Å². The summed E-state index contributed by atoms with van der Waals surface area (Å²) in [5, 5.41) is 30.0. The number of halogens is 7. The molecule has 1 saturated carbocycles. The second-order valence-corrected chi connectivity index (χ2v) is 12.5. The summed E-state index contributed by atoms with van der Waals surface area (Å²) in [6.45, 7) is 0. The number of aliphatic hydroxyl groups excluding tert-OH is 2. The number of aliphatic hydroxyl groups is 3. The summed E-state index contributed by atoms with van der Waals surface area (Å²) in [6, 6.07) is 3.92. The SMILES string of the molecule is O=C(C[C@@H]1CCCC(O)[C@H]1O)C[C@@H]1CCc2cc(C(O)(C(F)(F)F)C(F)(F)F)ccc2N1S(=O)(=O)c1ccc(F)cc1. The first-order chi connectivity index (χ1) is 19.4. The molecule has 2 aliphatic rings. The number of sulfonamides is 1. The number of fused-ring (bicyclic) bond motifs is 1. The van der Waals surface area contributed by atoms with E-state index in [2.05, 4.69) is 0 Å². The van der Waals surface area contributed by atoms with Crippen LogP contribution in [0.5, 0.6) is 0 Å². The van der Waals surface area contributed by atoms with E-state index < -0.39 is 80.6 Å². The predicted octanol–water partition coefficient (Wildman–Crippen LogP) is 4.52. The second-order valence-electron chi connectivity index (χ2n) is 10.7. The number of anilines is 1. The highest BCUT2D eigenvalue weighted by Gasteiger charge is 2.71. The molecule has 0 spiro atoms. The van der Waals surface area contributed by atoms with Gasteiger partial charge in [0.25, 0.3) is 15.6 Å². The minimum absolute atomic E-state index is 0.185. The predicted molar refractivity (Wildman–Crippen MR) is 134 cm³/mol. The molecule has 1 heterocycles. The van der Waals surface area contributed by atoms with Crippen molar-refractivity contribution >= 4 is 21.5 Å². The van der Waals surface area contributed by atoms with Crippen molar-refractivity contribution in [2.45, 2.75) is 86.0 Å². The Hall–Kier alpha value is -2.75. The van der Waals surface area contributed by atoms with Gasteiger partial charge >= 0.3 is 12.4 Å². The molecule has 7 nitrogen and oxygen atoms in total. The Morgan fingerprint density at radius 1 is 0.905 bits per heavy atom. The van der Waals surface area contributed by atoms with E-state index in [4.69, 9.17) is 0 Å². The van der Waals surface area contributed by atoms with Gasteiger partial charge in [0.15, 0.2) is 0 Å². The number of hydrogen-bond donors (Lipinski definition) is 3. The summed E-state index contributed by atoms with van der Waals surface area (Å²) in [5.41, 5.74) is -7.33. The topological polar surface area (TPSA) is 115 Å². The summed E-state index contributed by atoms with van der Waals surface area (Å²) in [7, 11) is -4.63. The van der Waals surface area contributed by atoms with Gasteiger partial charge in [0.1, 0.15) is 11.6 Å². The number of aryl methyl sites for hydroxylation is 1. The lowest BCUT2D eigenvalue weighted by molar-refractivity contribution is -0.376. The quantitative estimate of drug-likeness (QED) is 0.389. The zero-order valence-corrected chi connectivity index (χ0v) is 22.7. The van der Waals surface area contributed by atoms with Crippen LogP contribution in [0.3, 0.4) is 0 Å². The van der Waals surface area contributed by atoms with Gasteiger partial charge in [-0.05, 0) is 67.5 Å². The maximum atomic E-state index is 13.7. The van der Waals surface area contributed by atoms with Crippen molar-refractivity contribution in [3.63, 3.8) is 0 Å². The van der Waals surface area contributed by atoms with Gasteiger partial charge in [0, 0.05) is 18.4 Å². The Kier molecular flexibility index (Phi) is 8.73. The number of rotatable bonds is 7. The van der Waals surface area contributed by atoms with E-state index >= 15 is 0 Å². The monoisotopic (exact) mass is 627 g/mol. The molecule has 0 aromatic heterocycles. The number of ketones is 1. The van der Waals surface area contributed by atoms with Gasteiger partial charge in [-0.15, -0.1) is 0 Å². The largest absolute Gasteiger partial charge is 0.430 e. The molecule has 15 heteroatoms. The molecule has 1 aliphatic heterocycles. The number of benzene rings is 2. The molecule has 2 aromatic carbocycles. The molecule has 3 N–H and O–H groups in total. The van der Waals surface area contributed by atoms with Crippen molar-refractivity contribution in [1.82, 2.24) is 0 Å². The van der Waals surface area contributed by atoms with Gasteiger partial charge in [-0.1, -0.05) is 18.6 Å². The molecule has 2 aromatic rings. The summed E-state index contributed by atoms with van der Waals surface area (Å²) in [4.78, 5) is 12.6. The number of carbonyl (C=O) groups excluding carboxylic acids is 1. The van der Waals surface area contributed by atoms with Gasteiger partial charge in [-0.3, -0.25) is 9.10 Å². The molecule has 1 aliphatic carbocycles. The molecule has 232 valence electrons. The van der Waals surface area contributed by atoms with E-state index in [0.717, 1.165) is 28.6 Å². The number of alkyl halides is 6. The Balaban J connectivity index is 1.75. The van der Waals surface area contributed by atoms with E-state index in [1.165, 1.54) is 0 Å². The molecule has 4 atom stereocenters. The van der Waals surface area contributed by atoms with Gasteiger partial charge < -0.3 is 15.3 Å². The lowest BCUT2D eigenvalue weighted by Gasteiger charge is -2.39. The maximum Gasteiger partial charge on any atom is 0.430 e. The first-order valence-corrected chi connectivity index (χ1v) is 14.5. The highest BCUT2D eigenvalue weighted by Crippen LogP contribution is 2.51. The fourth-order valence-corrected chi connectivity index (χ4v) is 7.40. The third-order valence-electron chi connectivity index (χ3n) is 7.91. The molecule has 42 heavy (non-hydrogen) atoms. The molecular weight excluding hydrogens is 599 g/mol.